The van der Waals surface area contributed by atoms with Crippen molar-refractivity contribution in [1.82, 2.24) is 19.7 Å². The summed E-state index contributed by atoms with van der Waals surface area (Å²) < 4.78 is 38.8. The fraction of sp³-hybridized carbons (Fsp3) is 0.788. The number of unbranched alkanes of at least 4 members (excludes halogenated alkanes) is 1. The van der Waals surface area contributed by atoms with Crippen molar-refractivity contribution < 1.29 is 42.1 Å². The van der Waals surface area contributed by atoms with Crippen molar-refractivity contribution in [3.05, 3.63) is 28.5 Å². The molecule has 0 bridgehead atoms. The van der Waals surface area contributed by atoms with Crippen LogP contribution in [0, 0.1) is 30.9 Å². The van der Waals surface area contributed by atoms with Gasteiger partial charge in [-0.15, -0.1) is 0 Å². The van der Waals surface area contributed by atoms with Crippen molar-refractivity contribution in [1.29, 1.82) is 0 Å². The highest BCUT2D eigenvalue weighted by Gasteiger charge is 2.50. The lowest BCUT2D eigenvalue weighted by molar-refractivity contribution is -0.615. The van der Waals surface area contributed by atoms with Gasteiger partial charge in [0.05, 0.1) is 0 Å². The van der Waals surface area contributed by atoms with E-state index >= 15 is 0 Å². The van der Waals surface area contributed by atoms with Gasteiger partial charge in [-0.2, -0.15) is 13.2 Å². The first-order chi connectivity index (χ1) is 22.3. The summed E-state index contributed by atoms with van der Waals surface area (Å²) in [7, 11) is 0. The summed E-state index contributed by atoms with van der Waals surface area (Å²) in [6.45, 7) is 10.7. The van der Waals surface area contributed by atoms with Gasteiger partial charge in [-0.05, 0) is 44.9 Å². The summed E-state index contributed by atoms with van der Waals surface area (Å²) in [4.78, 5) is 46.0. The number of halogens is 3. The second kappa shape index (κ2) is 15.8. The molecule has 4 aliphatic rings. The molecule has 1 aliphatic carbocycles. The van der Waals surface area contributed by atoms with Gasteiger partial charge in [-0.1, -0.05) is 44.0 Å². The molecule has 47 heavy (non-hydrogen) atoms. The third-order valence-corrected chi connectivity index (χ3v) is 10.6. The summed E-state index contributed by atoms with van der Waals surface area (Å²) in [6.07, 6.45) is 9.59. The monoisotopic (exact) mass is 669 g/mol. The van der Waals surface area contributed by atoms with Crippen LogP contribution in [0.25, 0.3) is 0 Å². The van der Waals surface area contributed by atoms with E-state index in [1.807, 2.05) is 9.80 Å². The molecule has 1 N–H and O–H groups in total. The Morgan fingerprint density at radius 1 is 1.09 bits per heavy atom. The summed E-state index contributed by atoms with van der Waals surface area (Å²) in [5, 5.41) is 19.1. The van der Waals surface area contributed by atoms with E-state index in [9.17, 15) is 28.0 Å². The number of aromatic nitrogens is 2. The molecule has 3 aliphatic heterocycles. The minimum absolute atomic E-state index is 0.0843. The molecule has 4 heterocycles. The van der Waals surface area contributed by atoms with Crippen molar-refractivity contribution in [3.63, 3.8) is 0 Å². The van der Waals surface area contributed by atoms with Crippen LogP contribution >= 0.6 is 0 Å². The molecule has 1 aromatic rings. The van der Waals surface area contributed by atoms with Gasteiger partial charge in [0.15, 0.2) is 5.69 Å². The zero-order chi connectivity index (χ0) is 34.4. The quantitative estimate of drug-likeness (QED) is 0.308. The first-order valence-electron chi connectivity index (χ1n) is 17.1. The molecule has 1 atom stereocenters. The van der Waals surface area contributed by atoms with Crippen molar-refractivity contribution in [3.8, 4) is 0 Å². The Morgan fingerprint density at radius 2 is 1.70 bits per heavy atom. The topological polar surface area (TPSA) is 130 Å². The number of piperidine rings is 2. The molecule has 1 aromatic heterocycles. The Balaban J connectivity index is 0.000000644. The first-order valence-corrected chi connectivity index (χ1v) is 17.1. The number of carbonyl (C=O) groups excluding carboxylic acids is 2. The standard InChI is InChI=1S/C31H49N5O4.C2HF3O2/c1-4-5-11-26-21-35(20-25-9-7-6-8-10-25)30(38)40-31(26)14-18-33(19-15-31)27-12-16-34(17-13-27)29(37)28-23(2)32-22-36(39)24(28)3;3-2(4,5)1(6)7/h22,25-27H,4-21H2,1-3H3;(H,6,7). The molecule has 4 fully saturated rings. The summed E-state index contributed by atoms with van der Waals surface area (Å²) >= 11 is 0. The number of amides is 2. The molecular formula is C33H50F3N5O6. The number of ether oxygens (including phenoxy) is 1. The maximum absolute atomic E-state index is 13.3. The second-order valence-corrected chi connectivity index (χ2v) is 13.7. The molecule has 1 spiro atoms. The molecule has 3 saturated heterocycles. The van der Waals surface area contributed by atoms with Crippen LogP contribution in [-0.2, 0) is 9.53 Å². The van der Waals surface area contributed by atoms with E-state index < -0.39 is 12.1 Å². The van der Waals surface area contributed by atoms with Gasteiger partial charge in [0.25, 0.3) is 12.2 Å². The zero-order valence-electron chi connectivity index (χ0n) is 27.9. The minimum Gasteiger partial charge on any atom is -0.711 e. The lowest BCUT2D eigenvalue weighted by atomic mass is 9.75. The van der Waals surface area contributed by atoms with Crippen LogP contribution in [0.5, 0.6) is 0 Å². The van der Waals surface area contributed by atoms with E-state index in [1.54, 1.807) is 13.8 Å². The van der Waals surface area contributed by atoms with E-state index in [-0.39, 0.29) is 17.6 Å². The largest absolute Gasteiger partial charge is 0.711 e. The SMILES string of the molecule is CCCCC1CN(CC2CCCCC2)C(=O)OC12CCN(C1CCN(C(=O)c3c(C)nc[n+]([O-])c3C)CC1)CC2.O=C(O)C(F)(F)F. The number of carbonyl (C=O) groups is 3. The smallest absolute Gasteiger partial charge is 0.490 e. The molecule has 11 nitrogen and oxygen atoms in total. The normalized spacial score (nSPS) is 22.9. The fourth-order valence-corrected chi connectivity index (χ4v) is 7.81. The van der Waals surface area contributed by atoms with Crippen LogP contribution in [0.3, 0.4) is 0 Å². The number of alkyl halides is 3. The van der Waals surface area contributed by atoms with Crippen LogP contribution in [0.15, 0.2) is 6.33 Å². The second-order valence-electron chi connectivity index (χ2n) is 13.7. The van der Waals surface area contributed by atoms with Crippen LogP contribution < -0.4 is 4.73 Å². The summed E-state index contributed by atoms with van der Waals surface area (Å²) in [5.74, 6) is -1.80. The summed E-state index contributed by atoms with van der Waals surface area (Å²) in [5.41, 5.74) is 1.13. The number of carboxylic acids is 1. The average Bonchev–Trinajstić information content (AvgIpc) is 3.04. The van der Waals surface area contributed by atoms with Crippen LogP contribution in [0.4, 0.5) is 18.0 Å². The maximum atomic E-state index is 13.3. The van der Waals surface area contributed by atoms with Gasteiger partial charge in [0.2, 0.25) is 0 Å². The zero-order valence-corrected chi connectivity index (χ0v) is 27.9. The summed E-state index contributed by atoms with van der Waals surface area (Å²) in [6, 6.07) is 0.429. The van der Waals surface area contributed by atoms with Gasteiger partial charge in [-0.25, -0.2) is 14.3 Å². The Kier molecular flexibility index (Phi) is 12.3. The number of hydrogen-bond acceptors (Lipinski definition) is 7. The highest BCUT2D eigenvalue weighted by atomic mass is 19.4. The number of hydrogen-bond donors (Lipinski definition) is 1. The Hall–Kier alpha value is -3.16. The average molecular weight is 670 g/mol. The fourth-order valence-electron chi connectivity index (χ4n) is 7.81. The number of nitrogens with zero attached hydrogens (tertiary/aromatic N) is 5. The lowest BCUT2D eigenvalue weighted by Gasteiger charge is -2.52. The third-order valence-electron chi connectivity index (χ3n) is 10.6. The molecule has 0 radical (unpaired) electrons. The van der Waals surface area contributed by atoms with Crippen molar-refractivity contribution in [2.45, 2.75) is 116 Å². The van der Waals surface area contributed by atoms with E-state index in [4.69, 9.17) is 14.6 Å². The van der Waals surface area contributed by atoms with E-state index in [1.165, 1.54) is 51.3 Å². The van der Waals surface area contributed by atoms with E-state index in [0.29, 0.717) is 52.6 Å². The Morgan fingerprint density at radius 3 is 2.28 bits per heavy atom. The van der Waals surface area contributed by atoms with E-state index in [0.717, 1.165) is 58.3 Å². The number of aryl methyl sites for hydroxylation is 1. The number of carboxylic acid groups (broad SMARTS) is 1. The lowest BCUT2D eigenvalue weighted by Crippen LogP contribution is -2.61. The molecule has 1 saturated carbocycles. The molecule has 1 unspecified atom stereocenters. The van der Waals surface area contributed by atoms with Crippen molar-refractivity contribution in [2.75, 3.05) is 39.3 Å². The van der Waals surface area contributed by atoms with Gasteiger partial charge in [0, 0.05) is 71.0 Å². The maximum Gasteiger partial charge on any atom is 0.490 e. The van der Waals surface area contributed by atoms with Gasteiger partial charge >= 0.3 is 18.2 Å². The van der Waals surface area contributed by atoms with Crippen LogP contribution in [0.1, 0.15) is 106 Å². The van der Waals surface area contributed by atoms with Gasteiger partial charge in [0.1, 0.15) is 16.9 Å². The Bertz CT molecular complexity index is 1240. The Labute approximate surface area is 275 Å². The highest BCUT2D eigenvalue weighted by Crippen LogP contribution is 2.42. The van der Waals surface area contributed by atoms with Crippen molar-refractivity contribution in [2.24, 2.45) is 11.8 Å². The first kappa shape index (κ1) is 36.7. The van der Waals surface area contributed by atoms with Crippen molar-refractivity contribution >= 4 is 18.0 Å². The molecule has 14 heteroatoms. The van der Waals surface area contributed by atoms with Gasteiger partial charge in [-0.3, -0.25) is 9.69 Å². The number of aliphatic carboxylic acids is 1. The number of likely N-dealkylation sites (tertiary alicyclic amines) is 2. The molecule has 264 valence electrons. The van der Waals surface area contributed by atoms with Crippen LogP contribution in [0.2, 0.25) is 0 Å². The third kappa shape index (κ3) is 9.05. The molecular weight excluding hydrogens is 619 g/mol. The molecule has 2 amide bonds. The number of rotatable bonds is 7. The van der Waals surface area contributed by atoms with Crippen LogP contribution in [-0.4, -0.2) is 99.8 Å². The molecule has 0 aromatic carbocycles. The minimum atomic E-state index is -5.08. The molecule has 5 rings (SSSR count). The predicted octanol–water partition coefficient (Wildman–Crippen LogP) is 5.24. The van der Waals surface area contributed by atoms with E-state index in [2.05, 4.69) is 16.8 Å². The van der Waals surface area contributed by atoms with Gasteiger partial charge < -0.3 is 24.9 Å². The predicted molar refractivity (Wildman–Crippen MR) is 166 cm³/mol. The highest BCUT2D eigenvalue weighted by molar-refractivity contribution is 5.96.